The first-order chi connectivity index (χ1) is 12.4. The number of benzene rings is 1. The van der Waals surface area contributed by atoms with E-state index in [2.05, 4.69) is 58.3 Å². The second-order valence-corrected chi connectivity index (χ2v) is 9.53. The SMILES string of the molecule is CC(=Cc1ccccc1)C1CC1NC1CCN(CCNS(C)(=O)=O)CC1.Cl.Cl. The highest BCUT2D eigenvalue weighted by molar-refractivity contribution is 7.88. The van der Waals surface area contributed by atoms with E-state index < -0.39 is 10.0 Å². The highest BCUT2D eigenvalue weighted by atomic mass is 35.5. The molecule has 0 aromatic heterocycles. The number of piperidine rings is 1. The molecule has 1 aromatic rings. The minimum absolute atomic E-state index is 0. The Balaban J connectivity index is 0.00000196. The van der Waals surface area contributed by atoms with Gasteiger partial charge < -0.3 is 10.2 Å². The summed E-state index contributed by atoms with van der Waals surface area (Å²) in [6, 6.07) is 11.7. The third-order valence-electron chi connectivity index (χ3n) is 5.40. The topological polar surface area (TPSA) is 61.4 Å². The molecule has 2 unspecified atom stereocenters. The van der Waals surface area contributed by atoms with Crippen molar-refractivity contribution in [3.63, 3.8) is 0 Å². The van der Waals surface area contributed by atoms with Crippen LogP contribution in [0.15, 0.2) is 35.9 Å². The first-order valence-electron chi connectivity index (χ1n) is 9.57. The van der Waals surface area contributed by atoms with Gasteiger partial charge in [0, 0.05) is 25.2 Å². The van der Waals surface area contributed by atoms with Crippen LogP contribution in [0.25, 0.3) is 6.08 Å². The van der Waals surface area contributed by atoms with Gasteiger partial charge in [0.05, 0.1) is 6.26 Å². The van der Waals surface area contributed by atoms with Gasteiger partial charge in [-0.15, -0.1) is 24.8 Å². The fraction of sp³-hybridized carbons (Fsp3) is 0.600. The van der Waals surface area contributed by atoms with Crippen LogP contribution < -0.4 is 10.0 Å². The highest BCUT2D eigenvalue weighted by Gasteiger charge is 2.39. The Morgan fingerprint density at radius 1 is 1.18 bits per heavy atom. The summed E-state index contributed by atoms with van der Waals surface area (Å²) in [6.45, 7) is 5.63. The fourth-order valence-corrected chi connectivity index (χ4v) is 4.28. The van der Waals surface area contributed by atoms with E-state index in [-0.39, 0.29) is 24.8 Å². The Hall–Kier alpha value is -0.630. The van der Waals surface area contributed by atoms with Gasteiger partial charge >= 0.3 is 0 Å². The van der Waals surface area contributed by atoms with Crippen molar-refractivity contribution >= 4 is 40.9 Å². The van der Waals surface area contributed by atoms with Gasteiger partial charge in [0.15, 0.2) is 0 Å². The van der Waals surface area contributed by atoms with Crippen LogP contribution in [0, 0.1) is 5.92 Å². The van der Waals surface area contributed by atoms with Crippen molar-refractivity contribution in [3.05, 3.63) is 41.5 Å². The summed E-state index contributed by atoms with van der Waals surface area (Å²) in [4.78, 5) is 2.35. The summed E-state index contributed by atoms with van der Waals surface area (Å²) < 4.78 is 24.8. The minimum atomic E-state index is -3.07. The Bertz CT molecular complexity index is 720. The first kappa shape index (κ1) is 25.4. The number of nitrogens with zero attached hydrogens (tertiary/aromatic N) is 1. The van der Waals surface area contributed by atoms with Gasteiger partial charge in [-0.2, -0.15) is 0 Å². The van der Waals surface area contributed by atoms with Crippen LogP contribution in [-0.2, 0) is 10.0 Å². The summed E-state index contributed by atoms with van der Waals surface area (Å²) in [5.74, 6) is 0.673. The maximum atomic E-state index is 11.1. The quantitative estimate of drug-likeness (QED) is 0.640. The van der Waals surface area contributed by atoms with Gasteiger partial charge in [-0.1, -0.05) is 42.0 Å². The lowest BCUT2D eigenvalue weighted by Crippen LogP contribution is -2.45. The Labute approximate surface area is 182 Å². The number of hydrogen-bond donors (Lipinski definition) is 2. The van der Waals surface area contributed by atoms with Crippen molar-refractivity contribution in [1.82, 2.24) is 14.9 Å². The highest BCUT2D eigenvalue weighted by Crippen LogP contribution is 2.38. The second-order valence-electron chi connectivity index (χ2n) is 7.70. The summed E-state index contributed by atoms with van der Waals surface area (Å²) in [5.41, 5.74) is 2.75. The Morgan fingerprint density at radius 3 is 2.43 bits per heavy atom. The molecule has 3 rings (SSSR count). The molecule has 28 heavy (non-hydrogen) atoms. The number of halogens is 2. The summed E-state index contributed by atoms with van der Waals surface area (Å²) >= 11 is 0. The van der Waals surface area contributed by atoms with Gasteiger partial charge in [0.1, 0.15) is 0 Å². The molecule has 5 nitrogen and oxygen atoms in total. The lowest BCUT2D eigenvalue weighted by atomic mass is 10.0. The molecule has 0 radical (unpaired) electrons. The van der Waals surface area contributed by atoms with E-state index in [4.69, 9.17) is 0 Å². The lowest BCUT2D eigenvalue weighted by molar-refractivity contribution is 0.199. The van der Waals surface area contributed by atoms with Crippen molar-refractivity contribution in [1.29, 1.82) is 0 Å². The minimum Gasteiger partial charge on any atom is -0.311 e. The molecule has 1 saturated heterocycles. The molecule has 2 N–H and O–H groups in total. The van der Waals surface area contributed by atoms with Gasteiger partial charge in [0.2, 0.25) is 10.0 Å². The largest absolute Gasteiger partial charge is 0.311 e. The van der Waals surface area contributed by atoms with Gasteiger partial charge in [-0.25, -0.2) is 13.1 Å². The van der Waals surface area contributed by atoms with Crippen LogP contribution in [0.5, 0.6) is 0 Å². The van der Waals surface area contributed by atoms with Crippen molar-refractivity contribution in [2.75, 3.05) is 32.4 Å². The number of rotatable bonds is 8. The molecule has 2 aliphatic rings. The number of likely N-dealkylation sites (tertiary alicyclic amines) is 1. The Morgan fingerprint density at radius 2 is 1.82 bits per heavy atom. The normalized spacial score (nSPS) is 23.6. The molecule has 1 aliphatic heterocycles. The first-order valence-corrected chi connectivity index (χ1v) is 11.5. The van der Waals surface area contributed by atoms with Crippen molar-refractivity contribution in [3.8, 4) is 0 Å². The zero-order valence-corrected chi connectivity index (χ0v) is 19.1. The van der Waals surface area contributed by atoms with Gasteiger partial charge in [-0.3, -0.25) is 0 Å². The molecule has 0 spiro atoms. The Kier molecular flexibility index (Phi) is 10.5. The van der Waals surface area contributed by atoms with Crippen LogP contribution in [0.4, 0.5) is 0 Å². The van der Waals surface area contributed by atoms with E-state index in [0.29, 0.717) is 24.5 Å². The van der Waals surface area contributed by atoms with E-state index in [0.717, 1.165) is 32.5 Å². The van der Waals surface area contributed by atoms with E-state index in [1.807, 2.05) is 0 Å². The van der Waals surface area contributed by atoms with Crippen LogP contribution >= 0.6 is 24.8 Å². The van der Waals surface area contributed by atoms with Crippen LogP contribution in [-0.4, -0.2) is 57.8 Å². The zero-order valence-electron chi connectivity index (χ0n) is 16.6. The standard InChI is InChI=1S/C20H31N3O2S.2ClH/c1-16(14-17-6-4-3-5-7-17)19-15-20(19)22-18-8-11-23(12-9-18)13-10-21-26(2,24)25;;/h3-7,14,18-22H,8-13,15H2,1-2H3;2*1H. The van der Waals surface area contributed by atoms with Crippen molar-refractivity contribution in [2.45, 2.75) is 38.3 Å². The third-order valence-corrected chi connectivity index (χ3v) is 6.13. The average molecular weight is 450 g/mol. The summed E-state index contributed by atoms with van der Waals surface area (Å²) in [7, 11) is -3.07. The molecule has 2 fully saturated rings. The molecule has 160 valence electrons. The lowest BCUT2D eigenvalue weighted by Gasteiger charge is -2.32. The summed E-state index contributed by atoms with van der Waals surface area (Å²) in [6.07, 6.45) is 7.05. The van der Waals surface area contributed by atoms with Crippen molar-refractivity contribution in [2.24, 2.45) is 5.92 Å². The van der Waals surface area contributed by atoms with Crippen LogP contribution in [0.2, 0.25) is 0 Å². The summed E-state index contributed by atoms with van der Waals surface area (Å²) in [5, 5.41) is 3.83. The third kappa shape index (κ3) is 8.39. The molecule has 8 heteroatoms. The zero-order chi connectivity index (χ0) is 18.6. The smallest absolute Gasteiger partial charge is 0.208 e. The average Bonchev–Trinajstić information content (AvgIpc) is 3.36. The maximum Gasteiger partial charge on any atom is 0.208 e. The molecule has 1 heterocycles. The number of nitrogens with one attached hydrogen (secondary N) is 2. The predicted molar refractivity (Wildman–Crippen MR) is 122 cm³/mol. The van der Waals surface area contributed by atoms with E-state index in [1.165, 1.54) is 23.8 Å². The molecule has 0 bridgehead atoms. The van der Waals surface area contributed by atoms with E-state index >= 15 is 0 Å². The number of hydrogen-bond acceptors (Lipinski definition) is 4. The second kappa shape index (κ2) is 11.5. The molecular formula is C20H33Cl2N3O2S. The van der Waals surface area contributed by atoms with Crippen LogP contribution in [0.1, 0.15) is 31.7 Å². The monoisotopic (exact) mass is 449 g/mol. The maximum absolute atomic E-state index is 11.1. The molecule has 1 aromatic carbocycles. The number of sulfonamides is 1. The van der Waals surface area contributed by atoms with E-state index in [1.54, 1.807) is 0 Å². The molecule has 1 saturated carbocycles. The van der Waals surface area contributed by atoms with Gasteiger partial charge in [-0.05, 0) is 50.8 Å². The van der Waals surface area contributed by atoms with Gasteiger partial charge in [0.25, 0.3) is 0 Å². The molecule has 2 atom stereocenters. The molecular weight excluding hydrogens is 417 g/mol. The molecule has 0 amide bonds. The van der Waals surface area contributed by atoms with Crippen molar-refractivity contribution < 1.29 is 8.42 Å². The fourth-order valence-electron chi connectivity index (χ4n) is 3.82. The molecule has 1 aliphatic carbocycles. The predicted octanol–water partition coefficient (Wildman–Crippen LogP) is 2.93. The van der Waals surface area contributed by atoms with E-state index in [9.17, 15) is 8.42 Å². The van der Waals surface area contributed by atoms with Crippen LogP contribution in [0.3, 0.4) is 0 Å².